The van der Waals surface area contributed by atoms with E-state index in [-0.39, 0.29) is 6.42 Å². The Morgan fingerprint density at radius 2 is 2.00 bits per heavy atom. The van der Waals surface area contributed by atoms with E-state index in [4.69, 9.17) is 4.74 Å². The lowest BCUT2D eigenvalue weighted by Crippen LogP contribution is -2.42. The highest BCUT2D eigenvalue weighted by Gasteiger charge is 2.21. The molecule has 0 saturated carbocycles. The number of amides is 1. The number of aliphatic carboxylic acids is 1. The molecule has 2 rings (SSSR count). The van der Waals surface area contributed by atoms with Crippen molar-refractivity contribution in [3.05, 3.63) is 59.9 Å². The van der Waals surface area contributed by atoms with Crippen molar-refractivity contribution in [3.8, 4) is 5.75 Å². The molecular formula is C16H16N2O4. The van der Waals surface area contributed by atoms with Crippen LogP contribution in [0.1, 0.15) is 15.9 Å². The van der Waals surface area contributed by atoms with Crippen LogP contribution in [0.2, 0.25) is 0 Å². The number of hydrogen-bond donors (Lipinski definition) is 2. The van der Waals surface area contributed by atoms with Crippen molar-refractivity contribution in [1.29, 1.82) is 0 Å². The van der Waals surface area contributed by atoms with Gasteiger partial charge in [0.1, 0.15) is 11.8 Å². The maximum atomic E-state index is 12.0. The van der Waals surface area contributed by atoms with E-state index in [1.165, 1.54) is 6.20 Å². The number of carbonyl (C=O) groups excluding carboxylic acids is 1. The Kier molecular flexibility index (Phi) is 5.08. The van der Waals surface area contributed by atoms with Crippen molar-refractivity contribution >= 4 is 11.9 Å². The zero-order valence-corrected chi connectivity index (χ0v) is 12.0. The predicted molar refractivity (Wildman–Crippen MR) is 79.8 cm³/mol. The normalized spacial score (nSPS) is 11.5. The van der Waals surface area contributed by atoms with Gasteiger partial charge in [-0.15, -0.1) is 0 Å². The summed E-state index contributed by atoms with van der Waals surface area (Å²) < 4.78 is 5.05. The van der Waals surface area contributed by atoms with Crippen molar-refractivity contribution in [1.82, 2.24) is 10.3 Å². The van der Waals surface area contributed by atoms with Crippen LogP contribution in [0, 0.1) is 0 Å². The van der Waals surface area contributed by atoms with Crippen molar-refractivity contribution in [2.75, 3.05) is 7.11 Å². The number of ether oxygens (including phenoxy) is 1. The summed E-state index contributed by atoms with van der Waals surface area (Å²) in [6.07, 6.45) is 3.12. The van der Waals surface area contributed by atoms with Gasteiger partial charge in [0, 0.05) is 18.8 Å². The minimum Gasteiger partial charge on any atom is -0.497 e. The van der Waals surface area contributed by atoms with E-state index in [0.29, 0.717) is 11.3 Å². The molecule has 0 aliphatic rings. The summed E-state index contributed by atoms with van der Waals surface area (Å²) in [5.41, 5.74) is 1.11. The molecule has 0 radical (unpaired) electrons. The molecule has 0 bridgehead atoms. The predicted octanol–water partition coefficient (Wildman–Crippen LogP) is 1.52. The van der Waals surface area contributed by atoms with E-state index in [1.807, 2.05) is 0 Å². The lowest BCUT2D eigenvalue weighted by molar-refractivity contribution is -0.139. The minimum absolute atomic E-state index is 0.186. The number of nitrogens with one attached hydrogen (secondary N) is 1. The van der Waals surface area contributed by atoms with Gasteiger partial charge in [-0.05, 0) is 29.8 Å². The second-order valence-electron chi connectivity index (χ2n) is 4.66. The molecule has 22 heavy (non-hydrogen) atoms. The van der Waals surface area contributed by atoms with Gasteiger partial charge in [-0.2, -0.15) is 0 Å². The number of carboxylic acid groups (broad SMARTS) is 1. The number of pyridine rings is 1. The number of methoxy groups -OCH3 is 1. The van der Waals surface area contributed by atoms with Crippen LogP contribution < -0.4 is 10.1 Å². The molecule has 1 heterocycles. The van der Waals surface area contributed by atoms with Gasteiger partial charge in [0.25, 0.3) is 5.91 Å². The maximum Gasteiger partial charge on any atom is 0.326 e. The molecule has 2 N–H and O–H groups in total. The van der Waals surface area contributed by atoms with E-state index in [1.54, 1.807) is 49.7 Å². The molecule has 0 saturated heterocycles. The topological polar surface area (TPSA) is 88.5 Å². The van der Waals surface area contributed by atoms with Crippen LogP contribution in [0.3, 0.4) is 0 Å². The molecule has 1 amide bonds. The van der Waals surface area contributed by atoms with Gasteiger partial charge in [0.05, 0.1) is 12.7 Å². The molecule has 0 spiro atoms. The van der Waals surface area contributed by atoms with Gasteiger partial charge in [-0.1, -0.05) is 12.1 Å². The monoisotopic (exact) mass is 300 g/mol. The van der Waals surface area contributed by atoms with E-state index >= 15 is 0 Å². The third-order valence-corrected chi connectivity index (χ3v) is 3.13. The van der Waals surface area contributed by atoms with E-state index in [0.717, 1.165) is 5.56 Å². The highest BCUT2D eigenvalue weighted by Crippen LogP contribution is 2.13. The number of carbonyl (C=O) groups is 2. The van der Waals surface area contributed by atoms with Crippen molar-refractivity contribution < 1.29 is 19.4 Å². The van der Waals surface area contributed by atoms with Gasteiger partial charge < -0.3 is 15.2 Å². The third kappa shape index (κ3) is 4.05. The van der Waals surface area contributed by atoms with Crippen LogP contribution in [-0.2, 0) is 11.2 Å². The first-order valence-electron chi connectivity index (χ1n) is 6.67. The van der Waals surface area contributed by atoms with Crippen molar-refractivity contribution in [2.45, 2.75) is 12.5 Å². The van der Waals surface area contributed by atoms with E-state index in [9.17, 15) is 14.7 Å². The summed E-state index contributed by atoms with van der Waals surface area (Å²) in [5, 5.41) is 11.8. The number of hydrogen-bond acceptors (Lipinski definition) is 4. The first-order chi connectivity index (χ1) is 10.6. The molecule has 0 unspecified atom stereocenters. The summed E-state index contributed by atoms with van der Waals surface area (Å²) in [4.78, 5) is 27.2. The van der Waals surface area contributed by atoms with Crippen LogP contribution >= 0.6 is 0 Å². The fraction of sp³-hybridized carbons (Fsp3) is 0.188. The van der Waals surface area contributed by atoms with Gasteiger partial charge >= 0.3 is 5.97 Å². The lowest BCUT2D eigenvalue weighted by atomic mass is 10.1. The summed E-state index contributed by atoms with van der Waals surface area (Å²) in [5.74, 6) is -0.864. The second-order valence-corrected chi connectivity index (χ2v) is 4.66. The highest BCUT2D eigenvalue weighted by molar-refractivity contribution is 5.96. The quantitative estimate of drug-likeness (QED) is 0.844. The molecule has 114 valence electrons. The number of carboxylic acids is 1. The first kappa shape index (κ1) is 15.5. The van der Waals surface area contributed by atoms with Gasteiger partial charge in [-0.3, -0.25) is 9.78 Å². The summed E-state index contributed by atoms with van der Waals surface area (Å²) in [6, 6.07) is 9.22. The molecule has 2 aromatic rings. The van der Waals surface area contributed by atoms with Crippen molar-refractivity contribution in [3.63, 3.8) is 0 Å². The molecular weight excluding hydrogens is 284 g/mol. The van der Waals surface area contributed by atoms with Crippen LogP contribution in [0.15, 0.2) is 48.8 Å². The summed E-state index contributed by atoms with van der Waals surface area (Å²) in [7, 11) is 1.56. The van der Waals surface area contributed by atoms with Crippen molar-refractivity contribution in [2.24, 2.45) is 0 Å². The zero-order valence-electron chi connectivity index (χ0n) is 12.0. The Balaban J connectivity index is 2.06. The Morgan fingerprint density at radius 3 is 2.55 bits per heavy atom. The van der Waals surface area contributed by atoms with Crippen LogP contribution in [0.25, 0.3) is 0 Å². The number of benzene rings is 1. The first-order valence-corrected chi connectivity index (χ1v) is 6.67. The van der Waals surface area contributed by atoms with Gasteiger partial charge in [0.15, 0.2) is 0 Å². The number of nitrogens with zero attached hydrogens (tertiary/aromatic N) is 1. The maximum absolute atomic E-state index is 12.0. The van der Waals surface area contributed by atoms with E-state index in [2.05, 4.69) is 10.3 Å². The Bertz CT molecular complexity index is 641. The Morgan fingerprint density at radius 1 is 1.27 bits per heavy atom. The summed E-state index contributed by atoms with van der Waals surface area (Å²) in [6.45, 7) is 0. The molecule has 1 aromatic carbocycles. The second kappa shape index (κ2) is 7.21. The average Bonchev–Trinajstić information content (AvgIpc) is 2.55. The van der Waals surface area contributed by atoms with Crippen LogP contribution in [-0.4, -0.2) is 35.1 Å². The largest absolute Gasteiger partial charge is 0.497 e. The van der Waals surface area contributed by atoms with Gasteiger partial charge in [0.2, 0.25) is 0 Å². The molecule has 1 atom stereocenters. The standard InChI is InChI=1S/C16H16N2O4/c1-22-13-6-4-11(5-7-13)9-14(16(20)21)18-15(19)12-3-2-8-17-10-12/h2-8,10,14H,9H2,1H3,(H,18,19)(H,20,21)/t14-/m1/s1. The molecule has 6 heteroatoms. The average molecular weight is 300 g/mol. The number of aromatic nitrogens is 1. The minimum atomic E-state index is -1.09. The molecule has 6 nitrogen and oxygen atoms in total. The summed E-state index contributed by atoms with van der Waals surface area (Å²) >= 11 is 0. The van der Waals surface area contributed by atoms with Gasteiger partial charge in [-0.25, -0.2) is 4.79 Å². The number of rotatable bonds is 6. The third-order valence-electron chi connectivity index (χ3n) is 3.13. The Hall–Kier alpha value is -2.89. The van der Waals surface area contributed by atoms with Crippen LogP contribution in [0.5, 0.6) is 5.75 Å². The zero-order chi connectivity index (χ0) is 15.9. The smallest absolute Gasteiger partial charge is 0.326 e. The SMILES string of the molecule is COc1ccc(C[C@@H](NC(=O)c2cccnc2)C(=O)O)cc1. The van der Waals surface area contributed by atoms with E-state index < -0.39 is 17.9 Å². The van der Waals surface area contributed by atoms with Crippen LogP contribution in [0.4, 0.5) is 0 Å². The lowest BCUT2D eigenvalue weighted by Gasteiger charge is -2.14. The fourth-order valence-electron chi connectivity index (χ4n) is 1.94. The Labute approximate surface area is 127 Å². The molecule has 0 aliphatic carbocycles. The molecule has 1 aromatic heterocycles. The molecule has 0 aliphatic heterocycles. The molecule has 0 fully saturated rings. The fourth-order valence-corrected chi connectivity index (χ4v) is 1.94. The highest BCUT2D eigenvalue weighted by atomic mass is 16.5.